The van der Waals surface area contributed by atoms with Gasteiger partial charge in [0.15, 0.2) is 17.3 Å². The maximum atomic E-state index is 13.2. The molecule has 0 saturated heterocycles. The van der Waals surface area contributed by atoms with Crippen LogP contribution in [-0.2, 0) is 14.3 Å². The van der Waals surface area contributed by atoms with Gasteiger partial charge in [-0.2, -0.15) is 0 Å². The third-order valence-electron chi connectivity index (χ3n) is 6.24. The van der Waals surface area contributed by atoms with E-state index in [0.717, 1.165) is 49.8 Å². The average Bonchev–Trinajstić information content (AvgIpc) is 3.20. The molecule has 0 bridgehead atoms. The highest BCUT2D eigenvalue weighted by atomic mass is 16.5. The number of benzene rings is 1. The van der Waals surface area contributed by atoms with Crippen molar-refractivity contribution in [2.45, 2.75) is 63.9 Å². The van der Waals surface area contributed by atoms with E-state index in [9.17, 15) is 14.7 Å². The smallest absolute Gasteiger partial charge is 0.315 e. The van der Waals surface area contributed by atoms with Crippen molar-refractivity contribution in [3.8, 4) is 11.5 Å². The molecule has 29 heavy (non-hydrogen) atoms. The number of aliphatic imine (C=N–C) groups is 1. The summed E-state index contributed by atoms with van der Waals surface area (Å²) in [7, 11) is 1.48. The summed E-state index contributed by atoms with van der Waals surface area (Å²) in [5.74, 6) is -1.06. The van der Waals surface area contributed by atoms with Crippen molar-refractivity contribution in [1.29, 1.82) is 0 Å². The second-order valence-corrected chi connectivity index (χ2v) is 8.12. The Morgan fingerprint density at radius 3 is 2.66 bits per heavy atom. The molecule has 6 nitrogen and oxygen atoms in total. The van der Waals surface area contributed by atoms with E-state index in [-0.39, 0.29) is 23.6 Å². The van der Waals surface area contributed by atoms with Crippen molar-refractivity contribution >= 4 is 17.5 Å². The van der Waals surface area contributed by atoms with E-state index in [1.807, 2.05) is 6.92 Å². The molecule has 0 radical (unpaired) electrons. The molecule has 3 aliphatic rings. The summed E-state index contributed by atoms with van der Waals surface area (Å²) >= 11 is 0. The van der Waals surface area contributed by atoms with E-state index in [2.05, 4.69) is 4.99 Å². The van der Waals surface area contributed by atoms with Gasteiger partial charge in [0, 0.05) is 29.3 Å². The Kier molecular flexibility index (Phi) is 5.43. The molecule has 1 saturated carbocycles. The van der Waals surface area contributed by atoms with Crippen LogP contribution in [0.2, 0.25) is 0 Å². The zero-order chi connectivity index (χ0) is 20.5. The highest BCUT2D eigenvalue weighted by Crippen LogP contribution is 2.45. The SMILES string of the molecule is COc1cc([C@H]2C3=C(CCCC3=O)N=C(C)C2C(=O)OC2CCCC2)ccc1O. The zero-order valence-corrected chi connectivity index (χ0v) is 16.9. The first-order chi connectivity index (χ1) is 14.0. The molecule has 1 fully saturated rings. The van der Waals surface area contributed by atoms with Crippen LogP contribution in [0.3, 0.4) is 0 Å². The third kappa shape index (κ3) is 3.68. The summed E-state index contributed by atoms with van der Waals surface area (Å²) in [4.78, 5) is 30.8. The standard InChI is InChI=1S/C23H27NO5/c1-13-20(23(27)29-15-6-3-4-7-15)21(14-10-11-17(25)19(12-14)28-2)22-16(24-13)8-5-9-18(22)26/h10-12,15,20-21,25H,3-9H2,1-2H3/t20?,21-/m1/s1. The maximum Gasteiger partial charge on any atom is 0.315 e. The van der Waals surface area contributed by atoms with E-state index in [1.165, 1.54) is 7.11 Å². The molecule has 1 N–H and O–H groups in total. The summed E-state index contributed by atoms with van der Waals surface area (Å²) in [6.45, 7) is 1.84. The summed E-state index contributed by atoms with van der Waals surface area (Å²) in [6.07, 6.45) is 5.83. The number of Topliss-reactive ketones (excluding diaryl/α,β-unsaturated/α-hetero) is 1. The van der Waals surface area contributed by atoms with E-state index >= 15 is 0 Å². The molecule has 6 heteroatoms. The second-order valence-electron chi connectivity index (χ2n) is 8.12. The van der Waals surface area contributed by atoms with Gasteiger partial charge >= 0.3 is 5.97 Å². The summed E-state index contributed by atoms with van der Waals surface area (Å²) < 4.78 is 11.1. The first-order valence-corrected chi connectivity index (χ1v) is 10.4. The minimum absolute atomic E-state index is 0.0201. The number of nitrogens with zero attached hydrogens (tertiary/aromatic N) is 1. The van der Waals surface area contributed by atoms with Crippen LogP contribution >= 0.6 is 0 Å². The molecule has 0 amide bonds. The molecule has 2 atom stereocenters. The Hall–Kier alpha value is -2.63. The molecule has 154 valence electrons. The number of hydrogen-bond donors (Lipinski definition) is 1. The Balaban J connectivity index is 1.78. The lowest BCUT2D eigenvalue weighted by Crippen LogP contribution is -2.38. The second kappa shape index (κ2) is 8.01. The summed E-state index contributed by atoms with van der Waals surface area (Å²) in [5, 5.41) is 10.0. The van der Waals surface area contributed by atoms with Crippen LogP contribution in [-0.4, -0.2) is 35.8 Å². The van der Waals surface area contributed by atoms with Gasteiger partial charge in [0.25, 0.3) is 0 Å². The van der Waals surface area contributed by atoms with Gasteiger partial charge in [0.1, 0.15) is 12.0 Å². The normalized spacial score (nSPS) is 24.9. The lowest BCUT2D eigenvalue weighted by atomic mass is 9.71. The maximum absolute atomic E-state index is 13.2. The average molecular weight is 397 g/mol. The quantitative estimate of drug-likeness (QED) is 0.774. The van der Waals surface area contributed by atoms with Gasteiger partial charge in [-0.1, -0.05) is 6.07 Å². The Bertz CT molecular complexity index is 895. The van der Waals surface area contributed by atoms with Gasteiger partial charge in [-0.05, 0) is 63.1 Å². The number of methoxy groups -OCH3 is 1. The van der Waals surface area contributed by atoms with Crippen LogP contribution in [0.15, 0.2) is 34.5 Å². The van der Waals surface area contributed by atoms with Crippen LogP contribution < -0.4 is 4.74 Å². The number of esters is 1. The number of phenolic OH excluding ortho intramolecular Hbond substituents is 1. The highest BCUT2D eigenvalue weighted by molar-refractivity contribution is 6.08. The molecule has 4 rings (SSSR count). The number of ketones is 1. The number of aromatic hydroxyl groups is 1. The molecule has 1 unspecified atom stereocenters. The highest BCUT2D eigenvalue weighted by Gasteiger charge is 2.44. The summed E-state index contributed by atoms with van der Waals surface area (Å²) in [6, 6.07) is 5.01. The van der Waals surface area contributed by atoms with E-state index < -0.39 is 11.8 Å². The minimum atomic E-state index is -0.648. The van der Waals surface area contributed by atoms with Gasteiger partial charge in [-0.25, -0.2) is 0 Å². The fourth-order valence-electron chi connectivity index (χ4n) is 4.80. The first-order valence-electron chi connectivity index (χ1n) is 10.4. The molecule has 1 aromatic rings. The van der Waals surface area contributed by atoms with Crippen molar-refractivity contribution in [2.24, 2.45) is 10.9 Å². The summed E-state index contributed by atoms with van der Waals surface area (Å²) in [5.41, 5.74) is 2.83. The number of phenols is 1. The predicted octanol–water partition coefficient (Wildman–Crippen LogP) is 4.07. The fourth-order valence-corrected chi connectivity index (χ4v) is 4.80. The van der Waals surface area contributed by atoms with Crippen LogP contribution in [0.4, 0.5) is 0 Å². The molecule has 1 heterocycles. The van der Waals surface area contributed by atoms with Gasteiger partial charge in [0.05, 0.1) is 7.11 Å². The fraction of sp³-hybridized carbons (Fsp3) is 0.522. The van der Waals surface area contributed by atoms with Crippen LogP contribution in [0.5, 0.6) is 11.5 Å². The number of hydrogen-bond acceptors (Lipinski definition) is 6. The van der Waals surface area contributed by atoms with E-state index in [4.69, 9.17) is 9.47 Å². The lowest BCUT2D eigenvalue weighted by molar-refractivity contribution is -0.151. The van der Waals surface area contributed by atoms with Crippen LogP contribution in [0, 0.1) is 5.92 Å². The third-order valence-corrected chi connectivity index (χ3v) is 6.24. The van der Waals surface area contributed by atoms with Gasteiger partial charge < -0.3 is 14.6 Å². The first kappa shape index (κ1) is 19.7. The van der Waals surface area contributed by atoms with Crippen LogP contribution in [0.1, 0.15) is 63.4 Å². The predicted molar refractivity (Wildman–Crippen MR) is 108 cm³/mol. The zero-order valence-electron chi connectivity index (χ0n) is 16.9. The molecule has 0 spiro atoms. The molecule has 2 aliphatic carbocycles. The number of allylic oxidation sites excluding steroid dienone is 2. The van der Waals surface area contributed by atoms with Crippen molar-refractivity contribution in [1.82, 2.24) is 0 Å². The van der Waals surface area contributed by atoms with Gasteiger partial charge in [-0.3, -0.25) is 14.6 Å². The molecular formula is C23H27NO5. The molecule has 0 aromatic heterocycles. The van der Waals surface area contributed by atoms with Crippen LogP contribution in [0.25, 0.3) is 0 Å². The number of carbonyl (C=O) groups excluding carboxylic acids is 2. The number of rotatable bonds is 4. The van der Waals surface area contributed by atoms with Crippen molar-refractivity contribution in [3.63, 3.8) is 0 Å². The van der Waals surface area contributed by atoms with Gasteiger partial charge in [-0.15, -0.1) is 0 Å². The lowest BCUT2D eigenvalue weighted by Gasteiger charge is -2.35. The van der Waals surface area contributed by atoms with E-state index in [1.54, 1.807) is 18.2 Å². The molecule has 1 aliphatic heterocycles. The number of carbonyl (C=O) groups is 2. The van der Waals surface area contributed by atoms with Crippen molar-refractivity contribution in [3.05, 3.63) is 35.0 Å². The number of ether oxygens (including phenoxy) is 2. The van der Waals surface area contributed by atoms with Gasteiger partial charge in [0.2, 0.25) is 0 Å². The monoisotopic (exact) mass is 397 g/mol. The van der Waals surface area contributed by atoms with E-state index in [0.29, 0.717) is 23.5 Å². The van der Waals surface area contributed by atoms with Crippen molar-refractivity contribution in [2.75, 3.05) is 7.11 Å². The van der Waals surface area contributed by atoms with Crippen molar-refractivity contribution < 1.29 is 24.2 Å². The molecule has 1 aromatic carbocycles. The Morgan fingerprint density at radius 2 is 1.93 bits per heavy atom. The largest absolute Gasteiger partial charge is 0.504 e. The molecular weight excluding hydrogens is 370 g/mol. The Morgan fingerprint density at radius 1 is 1.17 bits per heavy atom. The minimum Gasteiger partial charge on any atom is -0.504 e. The topological polar surface area (TPSA) is 85.2 Å². The Labute approximate surface area is 170 Å².